The maximum absolute atomic E-state index is 13.9. The highest BCUT2D eigenvalue weighted by atomic mass is 32.1. The molecule has 6 heteroatoms. The van der Waals surface area contributed by atoms with Crippen LogP contribution in [0.1, 0.15) is 48.6 Å². The van der Waals surface area contributed by atoms with Crippen molar-refractivity contribution in [1.82, 2.24) is 19.8 Å². The second-order valence-corrected chi connectivity index (χ2v) is 8.70. The van der Waals surface area contributed by atoms with Crippen LogP contribution in [0.5, 0.6) is 0 Å². The normalized spacial score (nSPS) is 18.9. The maximum atomic E-state index is 13.9. The lowest BCUT2D eigenvalue weighted by atomic mass is 9.96. The minimum absolute atomic E-state index is 0.0170. The number of rotatable bonds is 5. The molecule has 3 aromatic rings. The first-order chi connectivity index (χ1) is 14.4. The van der Waals surface area contributed by atoms with Gasteiger partial charge in [0.05, 0.1) is 17.8 Å². The molecule has 0 saturated carbocycles. The van der Waals surface area contributed by atoms with Crippen LogP contribution < -0.4 is 5.32 Å². The topological polar surface area (TPSA) is 33.1 Å². The van der Waals surface area contributed by atoms with E-state index in [0.717, 1.165) is 34.4 Å². The molecule has 0 amide bonds. The summed E-state index contributed by atoms with van der Waals surface area (Å²) in [6.07, 6.45) is 1.82. The Kier molecular flexibility index (Phi) is 5.60. The predicted octanol–water partition coefficient (Wildman–Crippen LogP) is 5.26. The van der Waals surface area contributed by atoms with E-state index in [9.17, 15) is 4.39 Å². The highest BCUT2D eigenvalue weighted by Gasteiger charge is 2.41. The van der Waals surface area contributed by atoms with Crippen molar-refractivity contribution in [2.45, 2.75) is 39.8 Å². The summed E-state index contributed by atoms with van der Waals surface area (Å²) in [6.45, 7) is 9.40. The Morgan fingerprint density at radius 1 is 1.13 bits per heavy atom. The molecular formula is C24H27FN4S. The Labute approximate surface area is 182 Å². The number of nitrogens with one attached hydrogen (secondary N) is 1. The van der Waals surface area contributed by atoms with Crippen molar-refractivity contribution >= 4 is 17.3 Å². The number of benzene rings is 1. The lowest BCUT2D eigenvalue weighted by Gasteiger charge is -2.29. The SMILES string of the molecule is Cc1cc([C@@H]2[C@H](c3ccccn3)NC(=S)N2CC(C)C)c(C)n1-c1cccc(F)c1. The summed E-state index contributed by atoms with van der Waals surface area (Å²) in [5, 5.41) is 4.25. The summed E-state index contributed by atoms with van der Waals surface area (Å²) in [4.78, 5) is 6.88. The third-order valence-corrected chi connectivity index (χ3v) is 5.97. The summed E-state index contributed by atoms with van der Waals surface area (Å²) in [5.41, 5.74) is 5.13. The van der Waals surface area contributed by atoms with Gasteiger partial charge in [-0.3, -0.25) is 4.98 Å². The zero-order chi connectivity index (χ0) is 21.4. The first-order valence-corrected chi connectivity index (χ1v) is 10.7. The molecule has 1 aliphatic rings. The van der Waals surface area contributed by atoms with Crippen LogP contribution in [0.2, 0.25) is 0 Å². The van der Waals surface area contributed by atoms with Crippen LogP contribution >= 0.6 is 12.2 Å². The summed E-state index contributed by atoms with van der Waals surface area (Å²) >= 11 is 5.74. The number of nitrogens with zero attached hydrogens (tertiary/aromatic N) is 3. The van der Waals surface area contributed by atoms with E-state index in [2.05, 4.69) is 53.5 Å². The number of thiocarbonyl (C=S) groups is 1. The Hall–Kier alpha value is -2.73. The standard InChI is InChI=1S/C24H27FN4S/c1-15(2)14-28-23(22(27-24(28)30)21-10-5-6-11-26-21)20-12-16(3)29(17(20)4)19-9-7-8-18(25)13-19/h5-13,15,22-23H,14H2,1-4H3,(H,27,30)/t22-,23+/m0/s1. The van der Waals surface area contributed by atoms with Gasteiger partial charge in [0.1, 0.15) is 5.82 Å². The Bertz CT molecular complexity index is 1060. The molecule has 1 saturated heterocycles. The second kappa shape index (κ2) is 8.19. The van der Waals surface area contributed by atoms with Gasteiger partial charge in [0.15, 0.2) is 5.11 Å². The maximum Gasteiger partial charge on any atom is 0.170 e. The summed E-state index contributed by atoms with van der Waals surface area (Å²) in [7, 11) is 0. The highest BCUT2D eigenvalue weighted by molar-refractivity contribution is 7.80. The average Bonchev–Trinajstić information content (AvgIpc) is 3.18. The van der Waals surface area contributed by atoms with Crippen LogP contribution in [0.15, 0.2) is 54.7 Å². The summed E-state index contributed by atoms with van der Waals surface area (Å²) < 4.78 is 16.0. The molecule has 0 radical (unpaired) electrons. The van der Waals surface area contributed by atoms with Gasteiger partial charge in [-0.05, 0) is 73.9 Å². The van der Waals surface area contributed by atoms with E-state index in [4.69, 9.17) is 12.2 Å². The predicted molar refractivity (Wildman–Crippen MR) is 122 cm³/mol. The smallest absolute Gasteiger partial charge is 0.170 e. The lowest BCUT2D eigenvalue weighted by Crippen LogP contribution is -2.33. The van der Waals surface area contributed by atoms with Crippen LogP contribution in [0.3, 0.4) is 0 Å². The molecule has 3 heterocycles. The molecule has 0 aliphatic carbocycles. The van der Waals surface area contributed by atoms with Gasteiger partial charge >= 0.3 is 0 Å². The fourth-order valence-electron chi connectivity index (χ4n) is 4.43. The van der Waals surface area contributed by atoms with E-state index in [1.54, 1.807) is 12.1 Å². The van der Waals surface area contributed by atoms with E-state index in [-0.39, 0.29) is 17.9 Å². The van der Waals surface area contributed by atoms with E-state index < -0.39 is 0 Å². The molecule has 1 N–H and O–H groups in total. The van der Waals surface area contributed by atoms with Crippen LogP contribution in [0.4, 0.5) is 4.39 Å². The van der Waals surface area contributed by atoms with Crippen molar-refractivity contribution in [3.8, 4) is 5.69 Å². The fraction of sp³-hybridized carbons (Fsp3) is 0.333. The molecule has 2 aromatic heterocycles. The second-order valence-electron chi connectivity index (χ2n) is 8.31. The van der Waals surface area contributed by atoms with Gasteiger partial charge in [0.25, 0.3) is 0 Å². The molecule has 2 atom stereocenters. The lowest BCUT2D eigenvalue weighted by molar-refractivity contribution is 0.287. The third-order valence-electron chi connectivity index (χ3n) is 5.61. The molecular weight excluding hydrogens is 395 g/mol. The zero-order valence-corrected chi connectivity index (χ0v) is 18.6. The van der Waals surface area contributed by atoms with E-state index in [1.165, 1.54) is 11.6 Å². The van der Waals surface area contributed by atoms with Gasteiger partial charge in [0, 0.05) is 29.8 Å². The Morgan fingerprint density at radius 3 is 2.60 bits per heavy atom. The summed E-state index contributed by atoms with van der Waals surface area (Å²) in [5.74, 6) is 0.222. The molecule has 4 nitrogen and oxygen atoms in total. The van der Waals surface area contributed by atoms with Crippen LogP contribution in [0, 0.1) is 25.6 Å². The molecule has 156 valence electrons. The quantitative estimate of drug-likeness (QED) is 0.569. The van der Waals surface area contributed by atoms with E-state index >= 15 is 0 Å². The van der Waals surface area contributed by atoms with Crippen molar-refractivity contribution in [2.75, 3.05) is 6.54 Å². The monoisotopic (exact) mass is 422 g/mol. The summed E-state index contributed by atoms with van der Waals surface area (Å²) in [6, 6.07) is 14.9. The van der Waals surface area contributed by atoms with Crippen molar-refractivity contribution in [1.29, 1.82) is 0 Å². The largest absolute Gasteiger partial charge is 0.352 e. The molecule has 1 aromatic carbocycles. The van der Waals surface area contributed by atoms with Gasteiger partial charge < -0.3 is 14.8 Å². The zero-order valence-electron chi connectivity index (χ0n) is 17.8. The van der Waals surface area contributed by atoms with Crippen LogP contribution in [-0.4, -0.2) is 26.1 Å². The first kappa shape index (κ1) is 20.5. The molecule has 0 unspecified atom stereocenters. The highest BCUT2D eigenvalue weighted by Crippen LogP contribution is 2.41. The Balaban J connectivity index is 1.84. The Morgan fingerprint density at radius 2 is 1.93 bits per heavy atom. The molecule has 30 heavy (non-hydrogen) atoms. The molecule has 0 bridgehead atoms. The van der Waals surface area contributed by atoms with Crippen molar-refractivity contribution in [3.63, 3.8) is 0 Å². The minimum atomic E-state index is -0.238. The molecule has 4 rings (SSSR count). The van der Waals surface area contributed by atoms with Crippen molar-refractivity contribution < 1.29 is 4.39 Å². The van der Waals surface area contributed by atoms with Crippen LogP contribution in [-0.2, 0) is 0 Å². The first-order valence-electron chi connectivity index (χ1n) is 10.3. The minimum Gasteiger partial charge on any atom is -0.352 e. The average molecular weight is 423 g/mol. The van der Waals surface area contributed by atoms with Crippen molar-refractivity contribution in [2.24, 2.45) is 5.92 Å². The van der Waals surface area contributed by atoms with Crippen molar-refractivity contribution in [3.05, 3.63) is 83.2 Å². The van der Waals surface area contributed by atoms with Gasteiger partial charge in [-0.15, -0.1) is 0 Å². The fourth-order valence-corrected chi connectivity index (χ4v) is 4.75. The van der Waals surface area contributed by atoms with Crippen LogP contribution in [0.25, 0.3) is 5.69 Å². The number of hydrogen-bond acceptors (Lipinski definition) is 2. The van der Waals surface area contributed by atoms with E-state index in [0.29, 0.717) is 5.92 Å². The van der Waals surface area contributed by atoms with Gasteiger partial charge in [-0.25, -0.2) is 4.39 Å². The third kappa shape index (κ3) is 3.72. The van der Waals surface area contributed by atoms with Gasteiger partial charge in [0.2, 0.25) is 0 Å². The molecule has 0 spiro atoms. The number of aromatic nitrogens is 2. The molecule has 1 fully saturated rings. The van der Waals surface area contributed by atoms with Gasteiger partial charge in [-0.2, -0.15) is 0 Å². The molecule has 1 aliphatic heterocycles. The van der Waals surface area contributed by atoms with E-state index in [1.807, 2.05) is 30.5 Å². The number of aryl methyl sites for hydroxylation is 1. The number of halogens is 1. The number of hydrogen-bond donors (Lipinski definition) is 1. The van der Waals surface area contributed by atoms with Gasteiger partial charge in [-0.1, -0.05) is 26.0 Å². The number of pyridine rings is 1.